The highest BCUT2D eigenvalue weighted by molar-refractivity contribution is 5.51. The maximum absolute atomic E-state index is 9.34. The minimum Gasteiger partial charge on any atom is -0.508 e. The normalized spacial score (nSPS) is 15.4. The predicted octanol–water partition coefficient (Wildman–Crippen LogP) is 2.42. The van der Waals surface area contributed by atoms with Crippen LogP contribution in [0.4, 0.5) is 11.5 Å². The summed E-state index contributed by atoms with van der Waals surface area (Å²) in [6.45, 7) is 5.91. The molecule has 1 aromatic carbocycles. The van der Waals surface area contributed by atoms with Crippen molar-refractivity contribution in [3.63, 3.8) is 0 Å². The summed E-state index contributed by atoms with van der Waals surface area (Å²) in [7, 11) is 0. The first-order valence-corrected chi connectivity index (χ1v) is 6.95. The summed E-state index contributed by atoms with van der Waals surface area (Å²) in [5, 5.41) is 9.34. The van der Waals surface area contributed by atoms with Crippen LogP contribution in [-0.2, 0) is 0 Å². The summed E-state index contributed by atoms with van der Waals surface area (Å²) < 4.78 is 0. The van der Waals surface area contributed by atoms with Crippen LogP contribution in [0.3, 0.4) is 0 Å². The van der Waals surface area contributed by atoms with E-state index in [2.05, 4.69) is 26.9 Å². The Labute approximate surface area is 119 Å². The number of pyridine rings is 1. The maximum Gasteiger partial charge on any atom is 0.128 e. The van der Waals surface area contributed by atoms with Crippen LogP contribution in [0.25, 0.3) is 0 Å². The van der Waals surface area contributed by atoms with Gasteiger partial charge in [0.25, 0.3) is 0 Å². The van der Waals surface area contributed by atoms with Crippen LogP contribution in [-0.4, -0.2) is 36.3 Å². The van der Waals surface area contributed by atoms with E-state index < -0.39 is 0 Å². The Balaban J connectivity index is 1.66. The lowest BCUT2D eigenvalue weighted by Gasteiger charge is -2.36. The fraction of sp³-hybridized carbons (Fsp3) is 0.312. The Morgan fingerprint density at radius 3 is 2.20 bits per heavy atom. The van der Waals surface area contributed by atoms with Crippen molar-refractivity contribution in [1.29, 1.82) is 0 Å². The molecule has 0 unspecified atom stereocenters. The summed E-state index contributed by atoms with van der Waals surface area (Å²) >= 11 is 0. The molecule has 3 rings (SSSR count). The van der Waals surface area contributed by atoms with Crippen molar-refractivity contribution < 1.29 is 5.11 Å². The third-order valence-corrected chi connectivity index (χ3v) is 3.69. The molecule has 1 aromatic heterocycles. The molecule has 0 atom stereocenters. The Hall–Kier alpha value is -2.23. The highest BCUT2D eigenvalue weighted by atomic mass is 16.3. The van der Waals surface area contributed by atoms with Crippen molar-refractivity contribution in [3.8, 4) is 5.75 Å². The first-order valence-electron chi connectivity index (χ1n) is 6.95. The summed E-state index contributed by atoms with van der Waals surface area (Å²) in [4.78, 5) is 9.24. The number of anilines is 2. The molecule has 4 heteroatoms. The van der Waals surface area contributed by atoms with E-state index in [1.54, 1.807) is 12.1 Å². The summed E-state index contributed by atoms with van der Waals surface area (Å²) in [6.07, 6.45) is 0. The number of aromatic hydroxyl groups is 1. The number of benzene rings is 1. The number of phenols is 1. The quantitative estimate of drug-likeness (QED) is 0.909. The maximum atomic E-state index is 9.34. The summed E-state index contributed by atoms with van der Waals surface area (Å²) in [5.74, 6) is 1.38. The lowest BCUT2D eigenvalue weighted by Crippen LogP contribution is -2.46. The molecule has 0 spiro atoms. The molecule has 1 aliphatic rings. The standard InChI is InChI=1S/C16H19N3O/c1-13-3-2-4-16(17-13)19-11-9-18(10-12-19)14-5-7-15(20)8-6-14/h2-8,20H,9-12H2,1H3. The Bertz CT molecular complexity index is 575. The molecule has 0 saturated carbocycles. The van der Waals surface area contributed by atoms with E-state index in [0.29, 0.717) is 5.75 Å². The van der Waals surface area contributed by atoms with E-state index in [1.807, 2.05) is 25.1 Å². The first kappa shape index (κ1) is 12.8. The Morgan fingerprint density at radius 2 is 1.55 bits per heavy atom. The van der Waals surface area contributed by atoms with Crippen molar-refractivity contribution in [3.05, 3.63) is 48.2 Å². The van der Waals surface area contributed by atoms with Crippen LogP contribution in [0.15, 0.2) is 42.5 Å². The van der Waals surface area contributed by atoms with Crippen LogP contribution in [0.2, 0.25) is 0 Å². The molecule has 20 heavy (non-hydrogen) atoms. The lowest BCUT2D eigenvalue weighted by atomic mass is 10.2. The highest BCUT2D eigenvalue weighted by Crippen LogP contribution is 2.21. The van der Waals surface area contributed by atoms with Gasteiger partial charge in [-0.3, -0.25) is 0 Å². The van der Waals surface area contributed by atoms with Crippen LogP contribution in [0.5, 0.6) is 5.75 Å². The predicted molar refractivity (Wildman–Crippen MR) is 81.5 cm³/mol. The molecule has 1 fully saturated rings. The smallest absolute Gasteiger partial charge is 0.128 e. The van der Waals surface area contributed by atoms with Gasteiger partial charge in [-0.1, -0.05) is 6.07 Å². The van der Waals surface area contributed by atoms with E-state index in [1.165, 1.54) is 5.69 Å². The van der Waals surface area contributed by atoms with Gasteiger partial charge in [-0.2, -0.15) is 0 Å². The van der Waals surface area contributed by atoms with E-state index in [0.717, 1.165) is 37.7 Å². The third kappa shape index (κ3) is 2.69. The van der Waals surface area contributed by atoms with Crippen LogP contribution >= 0.6 is 0 Å². The zero-order valence-corrected chi connectivity index (χ0v) is 11.7. The van der Waals surface area contributed by atoms with Crippen molar-refractivity contribution in [2.24, 2.45) is 0 Å². The van der Waals surface area contributed by atoms with Crippen molar-refractivity contribution in [1.82, 2.24) is 4.98 Å². The van der Waals surface area contributed by atoms with Gasteiger partial charge in [0, 0.05) is 37.6 Å². The van der Waals surface area contributed by atoms with Crippen LogP contribution in [0.1, 0.15) is 5.69 Å². The minimum absolute atomic E-state index is 0.316. The number of nitrogens with zero attached hydrogens (tertiary/aromatic N) is 3. The molecule has 1 saturated heterocycles. The van der Waals surface area contributed by atoms with Gasteiger partial charge in [-0.05, 0) is 43.3 Å². The average Bonchev–Trinajstić information content (AvgIpc) is 2.48. The number of aromatic nitrogens is 1. The van der Waals surface area contributed by atoms with Gasteiger partial charge in [0.15, 0.2) is 0 Å². The lowest BCUT2D eigenvalue weighted by molar-refractivity contribution is 0.475. The molecule has 0 amide bonds. The van der Waals surface area contributed by atoms with E-state index in [-0.39, 0.29) is 0 Å². The van der Waals surface area contributed by atoms with Gasteiger partial charge < -0.3 is 14.9 Å². The molecule has 104 valence electrons. The second-order valence-electron chi connectivity index (χ2n) is 5.13. The molecule has 2 heterocycles. The molecular formula is C16H19N3O. The number of rotatable bonds is 2. The van der Waals surface area contributed by atoms with Crippen molar-refractivity contribution in [2.75, 3.05) is 36.0 Å². The Kier molecular flexibility index (Phi) is 3.46. The van der Waals surface area contributed by atoms with Crippen LogP contribution in [0, 0.1) is 6.92 Å². The monoisotopic (exact) mass is 269 g/mol. The van der Waals surface area contributed by atoms with Gasteiger partial charge in [-0.25, -0.2) is 4.98 Å². The van der Waals surface area contributed by atoms with E-state index >= 15 is 0 Å². The van der Waals surface area contributed by atoms with Crippen LogP contribution < -0.4 is 9.80 Å². The number of piperazine rings is 1. The third-order valence-electron chi connectivity index (χ3n) is 3.69. The number of hydrogen-bond acceptors (Lipinski definition) is 4. The molecule has 0 radical (unpaired) electrons. The minimum atomic E-state index is 0.316. The van der Waals surface area contributed by atoms with E-state index in [9.17, 15) is 5.11 Å². The number of aryl methyl sites for hydroxylation is 1. The van der Waals surface area contributed by atoms with Crippen molar-refractivity contribution in [2.45, 2.75) is 6.92 Å². The van der Waals surface area contributed by atoms with Gasteiger partial charge in [-0.15, -0.1) is 0 Å². The molecule has 0 aliphatic carbocycles. The molecule has 0 bridgehead atoms. The number of phenolic OH excluding ortho intramolecular Hbond substituents is 1. The van der Waals surface area contributed by atoms with Gasteiger partial charge in [0.2, 0.25) is 0 Å². The fourth-order valence-electron chi connectivity index (χ4n) is 2.56. The molecule has 1 N–H and O–H groups in total. The molecule has 4 nitrogen and oxygen atoms in total. The topological polar surface area (TPSA) is 39.6 Å². The summed E-state index contributed by atoms with van der Waals surface area (Å²) in [5.41, 5.74) is 2.23. The summed E-state index contributed by atoms with van der Waals surface area (Å²) in [6, 6.07) is 13.6. The van der Waals surface area contributed by atoms with Crippen molar-refractivity contribution >= 4 is 11.5 Å². The Morgan fingerprint density at radius 1 is 0.900 bits per heavy atom. The molecular weight excluding hydrogens is 250 g/mol. The zero-order chi connectivity index (χ0) is 13.9. The largest absolute Gasteiger partial charge is 0.508 e. The second-order valence-corrected chi connectivity index (χ2v) is 5.13. The molecule has 1 aliphatic heterocycles. The fourth-order valence-corrected chi connectivity index (χ4v) is 2.56. The highest BCUT2D eigenvalue weighted by Gasteiger charge is 2.18. The number of hydrogen-bond donors (Lipinski definition) is 1. The van der Waals surface area contributed by atoms with E-state index in [4.69, 9.17) is 0 Å². The van der Waals surface area contributed by atoms with Gasteiger partial charge >= 0.3 is 0 Å². The second kappa shape index (κ2) is 5.41. The van der Waals surface area contributed by atoms with Gasteiger partial charge in [0.1, 0.15) is 11.6 Å². The zero-order valence-electron chi connectivity index (χ0n) is 11.7. The van der Waals surface area contributed by atoms with Gasteiger partial charge in [0.05, 0.1) is 0 Å². The SMILES string of the molecule is Cc1cccc(N2CCN(c3ccc(O)cc3)CC2)n1. The average molecular weight is 269 g/mol. The molecule has 2 aromatic rings. The first-order chi connectivity index (χ1) is 9.72.